The van der Waals surface area contributed by atoms with Crippen LogP contribution in [-0.4, -0.2) is 23.3 Å². The third-order valence-electron chi connectivity index (χ3n) is 5.19. The lowest BCUT2D eigenvalue weighted by molar-refractivity contribution is -0.145. The summed E-state index contributed by atoms with van der Waals surface area (Å²) in [6.07, 6.45) is 4.38. The summed E-state index contributed by atoms with van der Waals surface area (Å²) in [7, 11) is 0. The number of hydrogen-bond donors (Lipinski definition) is 0. The first-order chi connectivity index (χ1) is 14.5. The minimum absolute atomic E-state index is 0.00484. The zero-order valence-corrected chi connectivity index (χ0v) is 17.9. The first-order valence-corrected chi connectivity index (χ1v) is 10.8. The number of rotatable bonds is 11. The lowest BCUT2D eigenvalue weighted by atomic mass is 9.87. The molecule has 2 aromatic rings. The van der Waals surface area contributed by atoms with E-state index in [0.29, 0.717) is 25.8 Å². The summed E-state index contributed by atoms with van der Waals surface area (Å²) in [5.41, 5.74) is 1.92. The van der Waals surface area contributed by atoms with Crippen LogP contribution in [0.15, 0.2) is 48.5 Å². The lowest BCUT2D eigenvalue weighted by Crippen LogP contribution is -2.37. The zero-order chi connectivity index (χ0) is 21.9. The van der Waals surface area contributed by atoms with E-state index >= 15 is 0 Å². The molecule has 0 saturated carbocycles. The molecule has 2 amide bonds. The van der Waals surface area contributed by atoms with E-state index in [2.05, 4.69) is 0 Å². The number of imide groups is 1. The Hall–Kier alpha value is -2.56. The van der Waals surface area contributed by atoms with E-state index in [9.17, 15) is 18.4 Å². The molecule has 162 valence electrons. The number of hydrogen-bond acceptors (Lipinski definition) is 2. The zero-order valence-electron chi connectivity index (χ0n) is 17.9. The quantitative estimate of drug-likeness (QED) is 0.408. The standard InChI is InChI=1S/C25H31F2NO2/c1-3-7-24(29)28(18-4-2)25(30)9-6-5-8-23(19-10-14-21(26)15-11-19)20-12-16-22(27)17-13-20/h10-17,23H,3-9,18H2,1-2H3. The highest BCUT2D eigenvalue weighted by Gasteiger charge is 2.20. The summed E-state index contributed by atoms with van der Waals surface area (Å²) in [6.45, 7) is 4.35. The molecule has 0 fully saturated rings. The fraction of sp³-hybridized carbons (Fsp3) is 0.440. The van der Waals surface area contributed by atoms with Crippen molar-refractivity contribution in [2.75, 3.05) is 6.54 Å². The van der Waals surface area contributed by atoms with Crippen molar-refractivity contribution in [2.24, 2.45) is 0 Å². The smallest absolute Gasteiger partial charge is 0.229 e. The summed E-state index contributed by atoms with van der Waals surface area (Å²) in [5.74, 6) is -0.810. The van der Waals surface area contributed by atoms with Gasteiger partial charge in [0.2, 0.25) is 11.8 Å². The summed E-state index contributed by atoms with van der Waals surface area (Å²) >= 11 is 0. The summed E-state index contributed by atoms with van der Waals surface area (Å²) in [5, 5.41) is 0. The Morgan fingerprint density at radius 1 is 0.767 bits per heavy atom. The van der Waals surface area contributed by atoms with E-state index in [1.54, 1.807) is 24.3 Å². The van der Waals surface area contributed by atoms with Gasteiger partial charge in [0.15, 0.2) is 0 Å². The van der Waals surface area contributed by atoms with E-state index < -0.39 is 0 Å². The van der Waals surface area contributed by atoms with Crippen LogP contribution in [-0.2, 0) is 9.59 Å². The van der Waals surface area contributed by atoms with Gasteiger partial charge in [-0.3, -0.25) is 14.5 Å². The molecule has 0 aliphatic carbocycles. The maximum atomic E-state index is 13.3. The molecular weight excluding hydrogens is 384 g/mol. The van der Waals surface area contributed by atoms with Gasteiger partial charge in [0.1, 0.15) is 11.6 Å². The van der Waals surface area contributed by atoms with Crippen molar-refractivity contribution in [3.63, 3.8) is 0 Å². The highest BCUT2D eigenvalue weighted by atomic mass is 19.1. The third kappa shape index (κ3) is 7.05. The van der Waals surface area contributed by atoms with Crippen LogP contribution >= 0.6 is 0 Å². The van der Waals surface area contributed by atoms with E-state index in [4.69, 9.17) is 0 Å². The Labute approximate surface area is 178 Å². The number of nitrogens with zero attached hydrogens (tertiary/aromatic N) is 1. The topological polar surface area (TPSA) is 37.4 Å². The summed E-state index contributed by atoms with van der Waals surface area (Å²) < 4.78 is 26.7. The van der Waals surface area contributed by atoms with Gasteiger partial charge in [-0.2, -0.15) is 0 Å². The van der Waals surface area contributed by atoms with Crippen LogP contribution in [0.25, 0.3) is 0 Å². The Balaban J connectivity index is 2.00. The Kier molecular flexibility index (Phi) is 9.65. The molecule has 5 heteroatoms. The molecule has 2 rings (SSSR count). The van der Waals surface area contributed by atoms with Gasteiger partial charge in [-0.1, -0.05) is 44.5 Å². The highest BCUT2D eigenvalue weighted by Crippen LogP contribution is 2.30. The Morgan fingerprint density at radius 3 is 1.73 bits per heavy atom. The molecule has 0 aliphatic heterocycles. The van der Waals surface area contributed by atoms with Crippen LogP contribution in [0.2, 0.25) is 0 Å². The van der Waals surface area contributed by atoms with Gasteiger partial charge in [0, 0.05) is 25.3 Å². The Bertz CT molecular complexity index is 757. The minimum Gasteiger partial charge on any atom is -0.283 e. The minimum atomic E-state index is -0.296. The van der Waals surface area contributed by atoms with Crippen molar-refractivity contribution in [1.29, 1.82) is 0 Å². The molecule has 0 bridgehead atoms. The van der Waals surface area contributed by atoms with Gasteiger partial charge in [-0.15, -0.1) is 0 Å². The number of benzene rings is 2. The monoisotopic (exact) mass is 415 g/mol. The van der Waals surface area contributed by atoms with Gasteiger partial charge in [0.25, 0.3) is 0 Å². The summed E-state index contributed by atoms with van der Waals surface area (Å²) in [6, 6.07) is 12.7. The van der Waals surface area contributed by atoms with Crippen LogP contribution < -0.4 is 0 Å². The average molecular weight is 416 g/mol. The second-order valence-corrected chi connectivity index (χ2v) is 7.59. The molecule has 0 aromatic heterocycles. The molecule has 0 aliphatic rings. The third-order valence-corrected chi connectivity index (χ3v) is 5.19. The van der Waals surface area contributed by atoms with Crippen LogP contribution in [0, 0.1) is 11.6 Å². The molecule has 0 radical (unpaired) electrons. The molecule has 0 heterocycles. The second-order valence-electron chi connectivity index (χ2n) is 7.59. The molecule has 0 saturated heterocycles. The average Bonchev–Trinajstić information content (AvgIpc) is 2.74. The van der Waals surface area contributed by atoms with Crippen LogP contribution in [0.5, 0.6) is 0 Å². The van der Waals surface area contributed by atoms with Crippen molar-refractivity contribution in [3.8, 4) is 0 Å². The maximum absolute atomic E-state index is 13.3. The number of amides is 2. The molecule has 0 N–H and O–H groups in total. The molecule has 2 aromatic carbocycles. The number of halogens is 2. The first kappa shape index (κ1) is 23.7. The maximum Gasteiger partial charge on any atom is 0.229 e. The van der Waals surface area contributed by atoms with Crippen LogP contribution in [0.4, 0.5) is 8.78 Å². The van der Waals surface area contributed by atoms with E-state index in [1.165, 1.54) is 29.2 Å². The van der Waals surface area contributed by atoms with E-state index in [0.717, 1.165) is 36.8 Å². The van der Waals surface area contributed by atoms with Crippen molar-refractivity contribution in [1.82, 2.24) is 4.90 Å². The van der Waals surface area contributed by atoms with E-state index in [-0.39, 0.29) is 29.4 Å². The number of carbonyl (C=O) groups excluding carboxylic acids is 2. The normalized spacial score (nSPS) is 11.0. The van der Waals surface area contributed by atoms with Crippen molar-refractivity contribution in [2.45, 2.75) is 64.7 Å². The van der Waals surface area contributed by atoms with Gasteiger partial charge < -0.3 is 0 Å². The van der Waals surface area contributed by atoms with Crippen LogP contribution in [0.3, 0.4) is 0 Å². The molecule has 0 unspecified atom stereocenters. The van der Waals surface area contributed by atoms with Gasteiger partial charge in [-0.25, -0.2) is 8.78 Å². The molecular formula is C25H31F2NO2. The summed E-state index contributed by atoms with van der Waals surface area (Å²) in [4.78, 5) is 26.1. The predicted octanol–water partition coefficient (Wildman–Crippen LogP) is 6.22. The van der Waals surface area contributed by atoms with Crippen molar-refractivity contribution < 1.29 is 18.4 Å². The number of carbonyl (C=O) groups is 2. The first-order valence-electron chi connectivity index (χ1n) is 10.8. The van der Waals surface area contributed by atoms with Crippen molar-refractivity contribution >= 4 is 11.8 Å². The molecule has 0 atom stereocenters. The van der Waals surface area contributed by atoms with Gasteiger partial charge >= 0.3 is 0 Å². The lowest BCUT2D eigenvalue weighted by Gasteiger charge is -2.21. The number of unbranched alkanes of at least 4 members (excludes halogenated alkanes) is 1. The second kappa shape index (κ2) is 12.2. The fourth-order valence-corrected chi connectivity index (χ4v) is 3.64. The van der Waals surface area contributed by atoms with Gasteiger partial charge in [0.05, 0.1) is 0 Å². The Morgan fingerprint density at radius 2 is 1.27 bits per heavy atom. The predicted molar refractivity (Wildman–Crippen MR) is 115 cm³/mol. The fourth-order valence-electron chi connectivity index (χ4n) is 3.64. The van der Waals surface area contributed by atoms with E-state index in [1.807, 2.05) is 13.8 Å². The largest absolute Gasteiger partial charge is 0.283 e. The molecule has 0 spiro atoms. The molecule has 3 nitrogen and oxygen atoms in total. The van der Waals surface area contributed by atoms with Crippen LogP contribution in [0.1, 0.15) is 75.8 Å². The van der Waals surface area contributed by atoms with Crippen molar-refractivity contribution in [3.05, 3.63) is 71.3 Å². The van der Waals surface area contributed by atoms with Gasteiger partial charge in [-0.05, 0) is 61.1 Å². The highest BCUT2D eigenvalue weighted by molar-refractivity contribution is 5.95. The molecule has 30 heavy (non-hydrogen) atoms. The SMILES string of the molecule is CCCC(=O)N(CCC)C(=O)CCCCC(c1ccc(F)cc1)c1ccc(F)cc1.